The Balaban J connectivity index is 0.00000338. The fourth-order valence-electron chi connectivity index (χ4n) is 4.08. The molecule has 2 rings (SSSR count). The number of hydrogen-bond acceptors (Lipinski definition) is 4. The number of carbonyl (C=O) groups is 1. The van der Waals surface area contributed by atoms with Crippen LogP contribution in [0.4, 0.5) is 0 Å². The zero-order chi connectivity index (χ0) is 18.7. The van der Waals surface area contributed by atoms with Crippen LogP contribution in [-0.2, 0) is 9.53 Å². The van der Waals surface area contributed by atoms with Gasteiger partial charge in [0.25, 0.3) is 0 Å². The van der Waals surface area contributed by atoms with Crippen molar-refractivity contribution < 1.29 is 9.53 Å². The summed E-state index contributed by atoms with van der Waals surface area (Å²) in [4.78, 5) is 21.2. The minimum Gasteiger partial charge on any atom is -0.381 e. The van der Waals surface area contributed by atoms with Gasteiger partial charge in [-0.2, -0.15) is 11.8 Å². The van der Waals surface area contributed by atoms with Gasteiger partial charge in [0, 0.05) is 44.1 Å². The van der Waals surface area contributed by atoms with Crippen LogP contribution in [0.2, 0.25) is 0 Å². The predicted octanol–water partition coefficient (Wildman–Crippen LogP) is 2.42. The van der Waals surface area contributed by atoms with Gasteiger partial charge in [-0.1, -0.05) is 0 Å². The highest BCUT2D eigenvalue weighted by molar-refractivity contribution is 14.0. The number of aliphatic imine (C=N–C) groups is 1. The van der Waals surface area contributed by atoms with Gasteiger partial charge >= 0.3 is 0 Å². The van der Waals surface area contributed by atoms with E-state index in [1.54, 1.807) is 7.05 Å². The van der Waals surface area contributed by atoms with E-state index in [0.717, 1.165) is 45.1 Å². The number of amides is 1. The summed E-state index contributed by atoms with van der Waals surface area (Å²) in [7, 11) is 1.80. The maximum absolute atomic E-state index is 12.7. The summed E-state index contributed by atoms with van der Waals surface area (Å²) in [5, 5.41) is 3.53. The van der Waals surface area contributed by atoms with Gasteiger partial charge in [-0.15, -0.1) is 24.0 Å². The van der Waals surface area contributed by atoms with E-state index < -0.39 is 0 Å². The molecule has 0 saturated carbocycles. The van der Waals surface area contributed by atoms with Crippen LogP contribution in [-0.4, -0.2) is 84.1 Å². The Hall–Kier alpha value is -0.220. The van der Waals surface area contributed by atoms with E-state index in [1.165, 1.54) is 0 Å². The van der Waals surface area contributed by atoms with Gasteiger partial charge in [0.05, 0.1) is 12.1 Å². The first-order valence-corrected chi connectivity index (χ1v) is 10.4. The van der Waals surface area contributed by atoms with Crippen molar-refractivity contribution in [2.75, 3.05) is 46.2 Å². The highest BCUT2D eigenvalue weighted by Gasteiger charge is 2.41. The fraction of sp³-hybridized carbons (Fsp3) is 0.889. The lowest BCUT2D eigenvalue weighted by Gasteiger charge is -2.49. The third-order valence-corrected chi connectivity index (χ3v) is 6.68. The number of hydrogen-bond donors (Lipinski definition) is 1. The molecule has 6 nitrogen and oxygen atoms in total. The van der Waals surface area contributed by atoms with Crippen molar-refractivity contribution in [1.82, 2.24) is 15.1 Å². The number of thioether (sulfide) groups is 1. The van der Waals surface area contributed by atoms with E-state index >= 15 is 0 Å². The minimum atomic E-state index is -0.211. The number of guanidine groups is 1. The van der Waals surface area contributed by atoms with E-state index in [9.17, 15) is 4.79 Å². The molecule has 152 valence electrons. The van der Waals surface area contributed by atoms with Crippen LogP contribution < -0.4 is 5.32 Å². The maximum atomic E-state index is 12.7. The van der Waals surface area contributed by atoms with Gasteiger partial charge in [-0.05, 0) is 46.8 Å². The second-order valence-electron chi connectivity index (χ2n) is 7.93. The smallest absolute Gasteiger partial charge is 0.242 e. The largest absolute Gasteiger partial charge is 0.381 e. The summed E-state index contributed by atoms with van der Waals surface area (Å²) in [5.74, 6) is 0.990. The number of nitrogens with one attached hydrogen (secondary N) is 1. The monoisotopic (exact) mass is 498 g/mol. The maximum Gasteiger partial charge on any atom is 0.242 e. The van der Waals surface area contributed by atoms with Crippen LogP contribution in [0.25, 0.3) is 0 Å². The molecule has 1 N–H and O–H groups in total. The van der Waals surface area contributed by atoms with Gasteiger partial charge in [0.1, 0.15) is 0 Å². The Morgan fingerprint density at radius 3 is 2.42 bits per heavy atom. The highest BCUT2D eigenvalue weighted by atomic mass is 127. The van der Waals surface area contributed by atoms with E-state index in [0.29, 0.717) is 6.54 Å². The van der Waals surface area contributed by atoms with Crippen LogP contribution in [0.5, 0.6) is 0 Å². The summed E-state index contributed by atoms with van der Waals surface area (Å²) >= 11 is 1.91. The van der Waals surface area contributed by atoms with Crippen molar-refractivity contribution in [3.63, 3.8) is 0 Å². The lowest BCUT2D eigenvalue weighted by atomic mass is 9.96. The molecule has 2 fully saturated rings. The molecule has 0 atom stereocenters. The molecule has 8 heteroatoms. The molecule has 0 radical (unpaired) electrons. The molecule has 26 heavy (non-hydrogen) atoms. The predicted molar refractivity (Wildman–Crippen MR) is 121 cm³/mol. The first-order valence-electron chi connectivity index (χ1n) is 9.15. The Labute approximate surface area is 179 Å². The van der Waals surface area contributed by atoms with Crippen LogP contribution in [0.15, 0.2) is 4.99 Å². The van der Waals surface area contributed by atoms with E-state index in [1.807, 2.05) is 16.7 Å². The van der Waals surface area contributed by atoms with Crippen molar-refractivity contribution in [2.24, 2.45) is 4.99 Å². The van der Waals surface area contributed by atoms with Gasteiger partial charge < -0.3 is 19.9 Å². The van der Waals surface area contributed by atoms with Crippen LogP contribution in [0, 0.1) is 0 Å². The number of carbonyl (C=O) groups excluding carboxylic acids is 1. The second-order valence-corrected chi connectivity index (χ2v) is 9.20. The Bertz CT molecular complexity index is 507. The number of nitrogens with zero attached hydrogens (tertiary/aromatic N) is 3. The number of rotatable bonds is 4. The first kappa shape index (κ1) is 23.8. The van der Waals surface area contributed by atoms with E-state index in [2.05, 4.69) is 49.2 Å². The Kier molecular flexibility index (Phi) is 8.99. The SMILES string of the molecule is CN=C(NCC1(SC)CCOCC1)N1CC(=O)N(C(C)C)C(C)(C)C1.I. The average molecular weight is 498 g/mol. The summed E-state index contributed by atoms with van der Waals surface area (Å²) in [5.41, 5.74) is -0.211. The topological polar surface area (TPSA) is 57.2 Å². The van der Waals surface area contributed by atoms with E-state index in [4.69, 9.17) is 4.74 Å². The molecular weight excluding hydrogens is 463 g/mol. The third-order valence-electron chi connectivity index (χ3n) is 5.26. The van der Waals surface area contributed by atoms with Crippen molar-refractivity contribution in [3.05, 3.63) is 0 Å². The lowest BCUT2D eigenvalue weighted by molar-refractivity contribution is -0.145. The quantitative estimate of drug-likeness (QED) is 0.367. The molecule has 0 aromatic rings. The highest BCUT2D eigenvalue weighted by Crippen LogP contribution is 2.33. The standard InChI is InChI=1S/C18H34N4O2S.HI/c1-14(2)22-15(23)11-21(13-17(22,3)4)16(19-5)20-12-18(25-6)7-9-24-10-8-18;/h14H,7-13H2,1-6H3,(H,19,20);1H. The number of halogens is 1. The normalized spacial score (nSPS) is 23.0. The molecule has 0 unspecified atom stereocenters. The molecule has 0 aliphatic carbocycles. The van der Waals surface area contributed by atoms with Crippen molar-refractivity contribution in [1.29, 1.82) is 0 Å². The second kappa shape index (κ2) is 9.82. The van der Waals surface area contributed by atoms with Gasteiger partial charge in [0.2, 0.25) is 5.91 Å². The van der Waals surface area contributed by atoms with Crippen molar-refractivity contribution in [3.8, 4) is 0 Å². The average Bonchev–Trinajstić information content (AvgIpc) is 2.54. The Morgan fingerprint density at radius 1 is 1.35 bits per heavy atom. The summed E-state index contributed by atoms with van der Waals surface area (Å²) in [6.07, 6.45) is 4.26. The van der Waals surface area contributed by atoms with Gasteiger partial charge in [-0.3, -0.25) is 9.79 Å². The minimum absolute atomic E-state index is 0. The zero-order valence-corrected chi connectivity index (χ0v) is 20.1. The molecule has 0 aromatic carbocycles. The Morgan fingerprint density at radius 2 is 1.96 bits per heavy atom. The molecule has 0 spiro atoms. The lowest BCUT2D eigenvalue weighted by Crippen LogP contribution is -2.66. The van der Waals surface area contributed by atoms with Crippen LogP contribution in [0.3, 0.4) is 0 Å². The third kappa shape index (κ3) is 5.41. The molecular formula is C18H35IN4O2S. The van der Waals surface area contributed by atoms with Gasteiger partial charge in [-0.25, -0.2) is 0 Å². The molecule has 0 aromatic heterocycles. The molecule has 2 aliphatic rings. The number of ether oxygens (including phenoxy) is 1. The fourth-order valence-corrected chi connectivity index (χ4v) is 4.87. The molecule has 2 aliphatic heterocycles. The van der Waals surface area contributed by atoms with Crippen molar-refractivity contribution >= 4 is 47.6 Å². The number of piperazine rings is 1. The van der Waals surface area contributed by atoms with Crippen LogP contribution >= 0.6 is 35.7 Å². The van der Waals surface area contributed by atoms with Crippen molar-refractivity contribution in [2.45, 2.75) is 56.9 Å². The molecule has 1 amide bonds. The summed E-state index contributed by atoms with van der Waals surface area (Å²) in [6.45, 7) is 12.1. The molecule has 2 saturated heterocycles. The zero-order valence-electron chi connectivity index (χ0n) is 17.0. The molecule has 0 bridgehead atoms. The van der Waals surface area contributed by atoms with E-state index in [-0.39, 0.29) is 46.2 Å². The van der Waals surface area contributed by atoms with Crippen LogP contribution in [0.1, 0.15) is 40.5 Å². The summed E-state index contributed by atoms with van der Waals surface area (Å²) < 4.78 is 5.71. The first-order chi connectivity index (χ1) is 11.7. The molecule has 2 heterocycles. The summed E-state index contributed by atoms with van der Waals surface area (Å²) in [6, 6.07) is 0.210. The van der Waals surface area contributed by atoms with Gasteiger partial charge in [0.15, 0.2) is 5.96 Å².